The molecular weight excluding hydrogens is 284 g/mol. The van der Waals surface area contributed by atoms with Crippen LogP contribution in [-0.4, -0.2) is 25.5 Å². The summed E-state index contributed by atoms with van der Waals surface area (Å²) < 4.78 is 0. The molecule has 3 nitrogen and oxygen atoms in total. The van der Waals surface area contributed by atoms with E-state index in [2.05, 4.69) is 10.6 Å². The highest BCUT2D eigenvalue weighted by Gasteiger charge is 2.14. The van der Waals surface area contributed by atoms with E-state index in [9.17, 15) is 4.79 Å². The van der Waals surface area contributed by atoms with E-state index < -0.39 is 0 Å². The number of carbonyl (C=O) groups excluding carboxylic acids is 1. The van der Waals surface area contributed by atoms with Crippen molar-refractivity contribution in [1.82, 2.24) is 10.6 Å². The molecule has 3 heteroatoms. The lowest BCUT2D eigenvalue weighted by Gasteiger charge is -2.22. The topological polar surface area (TPSA) is 41.1 Å². The van der Waals surface area contributed by atoms with E-state index in [1.807, 2.05) is 67.6 Å². The van der Waals surface area contributed by atoms with E-state index in [1.54, 1.807) is 0 Å². The average Bonchev–Trinajstić information content (AvgIpc) is 2.63. The molecule has 122 valence electrons. The molecule has 0 saturated carbocycles. The molecule has 3 rings (SSSR count). The summed E-state index contributed by atoms with van der Waals surface area (Å²) in [7, 11) is 0. The number of piperidine rings is 1. The molecule has 0 aromatic heterocycles. The quantitative estimate of drug-likeness (QED) is 0.912. The number of benzene rings is 2. The highest BCUT2D eigenvalue weighted by molar-refractivity contribution is 5.94. The molecule has 0 bridgehead atoms. The van der Waals surface area contributed by atoms with E-state index in [0.29, 0.717) is 5.92 Å². The summed E-state index contributed by atoms with van der Waals surface area (Å²) in [5.41, 5.74) is 1.93. The molecule has 2 aromatic rings. The summed E-state index contributed by atoms with van der Waals surface area (Å²) in [6.07, 6.45) is 2.32. The van der Waals surface area contributed by atoms with Crippen molar-refractivity contribution in [3.05, 3.63) is 71.8 Å². The van der Waals surface area contributed by atoms with Crippen LogP contribution in [0.4, 0.5) is 0 Å². The standard InChI is InChI=1S/C14H20N2O.C6H6/c1-11-2-4-13(5-3-11)14(17)16-10-12-6-8-15-9-7-12;1-2-4-6-5-3-1/h2-5,12,15H,6-10H2,1H3,(H,16,17);1-6H. The smallest absolute Gasteiger partial charge is 0.251 e. The predicted molar refractivity (Wildman–Crippen MR) is 95.5 cm³/mol. The van der Waals surface area contributed by atoms with Gasteiger partial charge in [-0.1, -0.05) is 54.1 Å². The Bertz CT molecular complexity index is 533. The first kappa shape index (κ1) is 17.2. The Balaban J connectivity index is 0.000000268. The highest BCUT2D eigenvalue weighted by Crippen LogP contribution is 2.10. The molecule has 0 unspecified atom stereocenters. The maximum absolute atomic E-state index is 11.9. The van der Waals surface area contributed by atoms with Gasteiger partial charge >= 0.3 is 0 Å². The second kappa shape index (κ2) is 9.80. The molecule has 0 radical (unpaired) electrons. The van der Waals surface area contributed by atoms with E-state index in [4.69, 9.17) is 0 Å². The second-order valence-corrected chi connectivity index (χ2v) is 5.92. The Morgan fingerprint density at radius 2 is 1.52 bits per heavy atom. The predicted octanol–water partition coefficient (Wildman–Crippen LogP) is 3.41. The highest BCUT2D eigenvalue weighted by atomic mass is 16.1. The third kappa shape index (κ3) is 6.66. The molecule has 2 aromatic carbocycles. The van der Waals surface area contributed by atoms with Crippen LogP contribution in [0.25, 0.3) is 0 Å². The molecular formula is C20H26N2O. The minimum atomic E-state index is 0.0449. The SMILES string of the molecule is Cc1ccc(C(=O)NCC2CCNCC2)cc1.c1ccccc1. The molecule has 23 heavy (non-hydrogen) atoms. The van der Waals surface area contributed by atoms with Crippen LogP contribution < -0.4 is 10.6 Å². The minimum Gasteiger partial charge on any atom is -0.352 e. The van der Waals surface area contributed by atoms with Crippen molar-refractivity contribution in [3.8, 4) is 0 Å². The van der Waals surface area contributed by atoms with Gasteiger partial charge < -0.3 is 10.6 Å². The summed E-state index contributed by atoms with van der Waals surface area (Å²) in [6.45, 7) is 4.97. The minimum absolute atomic E-state index is 0.0449. The van der Waals surface area contributed by atoms with Gasteiger partial charge in [0.05, 0.1) is 0 Å². The molecule has 2 N–H and O–H groups in total. The zero-order valence-corrected chi connectivity index (χ0v) is 13.8. The molecule has 0 spiro atoms. The lowest BCUT2D eigenvalue weighted by Crippen LogP contribution is -2.35. The number of aryl methyl sites for hydroxylation is 1. The fourth-order valence-corrected chi connectivity index (χ4v) is 2.51. The number of rotatable bonds is 3. The third-order valence-corrected chi connectivity index (χ3v) is 3.99. The van der Waals surface area contributed by atoms with E-state index in [-0.39, 0.29) is 5.91 Å². The van der Waals surface area contributed by atoms with Gasteiger partial charge in [-0.25, -0.2) is 0 Å². The number of nitrogens with one attached hydrogen (secondary N) is 2. The normalized spacial score (nSPS) is 14.5. The van der Waals surface area contributed by atoms with Crippen LogP contribution in [0, 0.1) is 12.8 Å². The van der Waals surface area contributed by atoms with Crippen molar-refractivity contribution in [2.75, 3.05) is 19.6 Å². The van der Waals surface area contributed by atoms with E-state index in [1.165, 1.54) is 5.56 Å². The van der Waals surface area contributed by atoms with Crippen LogP contribution in [-0.2, 0) is 0 Å². The van der Waals surface area contributed by atoms with Gasteiger partial charge in [-0.2, -0.15) is 0 Å². The van der Waals surface area contributed by atoms with Crippen molar-refractivity contribution in [2.24, 2.45) is 5.92 Å². The Hall–Kier alpha value is -2.13. The first-order chi connectivity index (χ1) is 11.3. The Morgan fingerprint density at radius 1 is 1.00 bits per heavy atom. The van der Waals surface area contributed by atoms with Crippen molar-refractivity contribution in [1.29, 1.82) is 0 Å². The van der Waals surface area contributed by atoms with Crippen LogP contribution in [0.15, 0.2) is 60.7 Å². The summed E-state index contributed by atoms with van der Waals surface area (Å²) in [6, 6.07) is 19.7. The largest absolute Gasteiger partial charge is 0.352 e. The van der Waals surface area contributed by atoms with E-state index in [0.717, 1.165) is 38.0 Å². The van der Waals surface area contributed by atoms with Crippen molar-refractivity contribution >= 4 is 5.91 Å². The van der Waals surface area contributed by atoms with Gasteiger partial charge in [0.25, 0.3) is 5.91 Å². The van der Waals surface area contributed by atoms with Gasteiger partial charge in [-0.05, 0) is 50.9 Å². The number of carbonyl (C=O) groups is 1. The van der Waals surface area contributed by atoms with Crippen LogP contribution in [0.5, 0.6) is 0 Å². The van der Waals surface area contributed by atoms with Crippen LogP contribution in [0.1, 0.15) is 28.8 Å². The maximum atomic E-state index is 11.9. The number of hydrogen-bond donors (Lipinski definition) is 2. The molecule has 0 atom stereocenters. The molecule has 1 amide bonds. The fraction of sp³-hybridized carbons (Fsp3) is 0.350. The maximum Gasteiger partial charge on any atom is 0.251 e. The summed E-state index contributed by atoms with van der Waals surface area (Å²) >= 11 is 0. The molecule has 1 aliphatic heterocycles. The molecule has 1 aliphatic rings. The Labute approximate surface area is 139 Å². The van der Waals surface area contributed by atoms with Gasteiger partial charge in [0.2, 0.25) is 0 Å². The van der Waals surface area contributed by atoms with Crippen molar-refractivity contribution in [2.45, 2.75) is 19.8 Å². The Morgan fingerprint density at radius 3 is 2.04 bits per heavy atom. The van der Waals surface area contributed by atoms with Gasteiger partial charge in [0, 0.05) is 12.1 Å². The number of amides is 1. The summed E-state index contributed by atoms with van der Waals surface area (Å²) in [4.78, 5) is 11.9. The Kier molecular flexibility index (Phi) is 7.34. The zero-order chi connectivity index (χ0) is 16.3. The van der Waals surface area contributed by atoms with Gasteiger partial charge in [-0.15, -0.1) is 0 Å². The van der Waals surface area contributed by atoms with Gasteiger partial charge in [0.1, 0.15) is 0 Å². The molecule has 1 saturated heterocycles. The van der Waals surface area contributed by atoms with E-state index >= 15 is 0 Å². The van der Waals surface area contributed by atoms with Crippen LogP contribution in [0.2, 0.25) is 0 Å². The molecule has 0 aliphatic carbocycles. The summed E-state index contributed by atoms with van der Waals surface area (Å²) in [5.74, 6) is 0.675. The van der Waals surface area contributed by atoms with Crippen molar-refractivity contribution < 1.29 is 4.79 Å². The summed E-state index contributed by atoms with van der Waals surface area (Å²) in [5, 5.41) is 6.35. The lowest BCUT2D eigenvalue weighted by atomic mass is 9.98. The van der Waals surface area contributed by atoms with Crippen LogP contribution in [0.3, 0.4) is 0 Å². The fourth-order valence-electron chi connectivity index (χ4n) is 2.51. The van der Waals surface area contributed by atoms with Crippen LogP contribution >= 0.6 is 0 Å². The van der Waals surface area contributed by atoms with Gasteiger partial charge in [-0.3, -0.25) is 4.79 Å². The van der Waals surface area contributed by atoms with Gasteiger partial charge in [0.15, 0.2) is 0 Å². The first-order valence-corrected chi connectivity index (χ1v) is 8.31. The number of hydrogen-bond acceptors (Lipinski definition) is 2. The zero-order valence-electron chi connectivity index (χ0n) is 13.8. The molecule has 1 heterocycles. The van der Waals surface area contributed by atoms with Crippen molar-refractivity contribution in [3.63, 3.8) is 0 Å². The monoisotopic (exact) mass is 310 g/mol. The second-order valence-electron chi connectivity index (χ2n) is 5.92. The third-order valence-electron chi connectivity index (χ3n) is 3.99. The average molecular weight is 310 g/mol. The first-order valence-electron chi connectivity index (χ1n) is 8.31. The lowest BCUT2D eigenvalue weighted by molar-refractivity contribution is 0.0944. The molecule has 1 fully saturated rings.